The van der Waals surface area contributed by atoms with Gasteiger partial charge in [0.25, 0.3) is 0 Å². The van der Waals surface area contributed by atoms with Crippen molar-refractivity contribution < 1.29 is 14.3 Å². The van der Waals surface area contributed by atoms with Crippen LogP contribution in [0.2, 0.25) is 0 Å². The number of ether oxygens (including phenoxy) is 2. The summed E-state index contributed by atoms with van der Waals surface area (Å²) in [5.41, 5.74) is 1.17. The van der Waals surface area contributed by atoms with Gasteiger partial charge in [-0.3, -0.25) is 9.36 Å². The van der Waals surface area contributed by atoms with E-state index in [2.05, 4.69) is 26.2 Å². The molecule has 9 nitrogen and oxygen atoms in total. The van der Waals surface area contributed by atoms with Gasteiger partial charge in [-0.05, 0) is 40.5 Å². The second-order valence-electron chi connectivity index (χ2n) is 7.58. The number of nitrogens with one attached hydrogen (secondary N) is 1. The Morgan fingerprint density at radius 3 is 2.45 bits per heavy atom. The maximum atomic E-state index is 13.4. The number of esters is 1. The Hall–Kier alpha value is -3.40. The van der Waals surface area contributed by atoms with Gasteiger partial charge in [0, 0.05) is 18.3 Å². The van der Waals surface area contributed by atoms with Gasteiger partial charge in [-0.25, -0.2) is 14.2 Å². The van der Waals surface area contributed by atoms with Crippen molar-refractivity contribution in [3.05, 3.63) is 79.0 Å². The fraction of sp³-hybridized carbons (Fsp3) is 0.304. The van der Waals surface area contributed by atoms with E-state index >= 15 is 0 Å². The fourth-order valence-corrected chi connectivity index (χ4v) is 3.62. The van der Waals surface area contributed by atoms with E-state index in [1.807, 2.05) is 31.2 Å². The van der Waals surface area contributed by atoms with E-state index in [0.29, 0.717) is 11.4 Å². The molecule has 1 unspecified atom stereocenters. The first-order valence-electron chi connectivity index (χ1n) is 10.2. The highest BCUT2D eigenvalue weighted by Crippen LogP contribution is 2.28. The van der Waals surface area contributed by atoms with Gasteiger partial charge in [0.05, 0.1) is 31.2 Å². The summed E-state index contributed by atoms with van der Waals surface area (Å²) in [4.78, 5) is 42.1. The highest BCUT2D eigenvalue weighted by Gasteiger charge is 2.20. The van der Waals surface area contributed by atoms with Crippen molar-refractivity contribution in [2.75, 3.05) is 19.5 Å². The SMILES string of the molecule is COC(=O)C(C)Cn1c(=O)nc(Nc2ccc(Br)c(OC)c2)n(Cc2ccc(C)cc2)c1=O. The molecule has 174 valence electrons. The smallest absolute Gasteiger partial charge is 0.354 e. The van der Waals surface area contributed by atoms with Gasteiger partial charge in [-0.2, -0.15) is 4.98 Å². The molecule has 0 aliphatic rings. The number of carbonyl (C=O) groups is 1. The standard InChI is InChI=1S/C23H25BrN4O5/c1-14-5-7-16(8-6-14)13-27-21(25-17-9-10-18(24)19(11-17)32-3)26-22(30)28(23(27)31)12-15(2)20(29)33-4/h5-11,15H,12-13H2,1-4H3,(H,25,26,30). The van der Waals surface area contributed by atoms with E-state index in [1.165, 1.54) is 11.7 Å². The largest absolute Gasteiger partial charge is 0.495 e. The summed E-state index contributed by atoms with van der Waals surface area (Å²) >= 11 is 3.40. The number of methoxy groups -OCH3 is 2. The lowest BCUT2D eigenvalue weighted by Gasteiger charge is -2.17. The molecular formula is C23H25BrN4O5. The van der Waals surface area contributed by atoms with Crippen LogP contribution < -0.4 is 21.4 Å². The third-order valence-electron chi connectivity index (χ3n) is 5.08. The number of nitrogens with zero attached hydrogens (tertiary/aromatic N) is 3. The second-order valence-corrected chi connectivity index (χ2v) is 8.44. The Bertz CT molecular complexity index is 1270. The maximum absolute atomic E-state index is 13.4. The predicted molar refractivity (Wildman–Crippen MR) is 128 cm³/mol. The van der Waals surface area contributed by atoms with Gasteiger partial charge in [0.15, 0.2) is 0 Å². The van der Waals surface area contributed by atoms with Gasteiger partial charge < -0.3 is 14.8 Å². The van der Waals surface area contributed by atoms with Crippen molar-refractivity contribution in [3.63, 3.8) is 0 Å². The summed E-state index contributed by atoms with van der Waals surface area (Å²) in [6.45, 7) is 3.59. The number of carbonyl (C=O) groups excluding carboxylic acids is 1. The first kappa shape index (κ1) is 24.2. The van der Waals surface area contributed by atoms with Crippen LogP contribution in [0.5, 0.6) is 5.75 Å². The van der Waals surface area contributed by atoms with E-state index in [9.17, 15) is 14.4 Å². The maximum Gasteiger partial charge on any atom is 0.354 e. The van der Waals surface area contributed by atoms with Crippen LogP contribution in [-0.2, 0) is 22.6 Å². The van der Waals surface area contributed by atoms with Crippen molar-refractivity contribution in [1.82, 2.24) is 14.1 Å². The van der Waals surface area contributed by atoms with Gasteiger partial charge in [0.2, 0.25) is 5.95 Å². The van der Waals surface area contributed by atoms with E-state index in [-0.39, 0.29) is 19.0 Å². The lowest BCUT2D eigenvalue weighted by molar-refractivity contribution is -0.145. The van der Waals surface area contributed by atoms with Gasteiger partial charge in [-0.15, -0.1) is 0 Å². The number of halogens is 1. The van der Waals surface area contributed by atoms with Crippen LogP contribution in [0.25, 0.3) is 0 Å². The molecule has 0 saturated carbocycles. The molecule has 10 heteroatoms. The molecule has 0 saturated heterocycles. The number of rotatable bonds is 8. The van der Waals surface area contributed by atoms with Gasteiger partial charge in [-0.1, -0.05) is 36.8 Å². The molecule has 33 heavy (non-hydrogen) atoms. The van der Waals surface area contributed by atoms with Crippen molar-refractivity contribution in [1.29, 1.82) is 0 Å². The van der Waals surface area contributed by atoms with Crippen molar-refractivity contribution in [3.8, 4) is 5.75 Å². The number of aromatic nitrogens is 3. The summed E-state index contributed by atoms with van der Waals surface area (Å²) in [5.74, 6) is -0.551. The quantitative estimate of drug-likeness (QED) is 0.458. The summed E-state index contributed by atoms with van der Waals surface area (Å²) in [5, 5.41) is 3.05. The van der Waals surface area contributed by atoms with Crippen LogP contribution in [-0.4, -0.2) is 34.3 Å². The molecule has 0 aliphatic heterocycles. The second kappa shape index (κ2) is 10.5. The Morgan fingerprint density at radius 1 is 1.12 bits per heavy atom. The van der Waals surface area contributed by atoms with Crippen LogP contribution in [0.4, 0.5) is 11.6 Å². The topological polar surface area (TPSA) is 104 Å². The molecule has 0 spiro atoms. The van der Waals surface area contributed by atoms with Gasteiger partial charge in [0.1, 0.15) is 5.75 Å². The minimum atomic E-state index is -0.762. The van der Waals surface area contributed by atoms with Crippen molar-refractivity contribution >= 4 is 33.5 Å². The Balaban J connectivity index is 2.09. The van der Waals surface area contributed by atoms with Crippen LogP contribution in [0.15, 0.2) is 56.5 Å². The highest BCUT2D eigenvalue weighted by molar-refractivity contribution is 9.10. The zero-order valence-electron chi connectivity index (χ0n) is 18.8. The minimum Gasteiger partial charge on any atom is -0.495 e. The molecule has 0 fully saturated rings. The van der Waals surface area contributed by atoms with Crippen molar-refractivity contribution in [2.45, 2.75) is 26.9 Å². The molecule has 1 N–H and O–H groups in total. The first-order chi connectivity index (χ1) is 15.7. The molecule has 1 heterocycles. The average molecular weight is 517 g/mol. The predicted octanol–water partition coefficient (Wildman–Crippen LogP) is 3.09. The Kier molecular flexibility index (Phi) is 7.70. The molecule has 1 aromatic heterocycles. The number of hydrogen-bond donors (Lipinski definition) is 1. The number of hydrogen-bond acceptors (Lipinski definition) is 7. The average Bonchev–Trinajstić information content (AvgIpc) is 2.80. The van der Waals surface area contributed by atoms with Crippen LogP contribution in [0.1, 0.15) is 18.1 Å². The first-order valence-corrected chi connectivity index (χ1v) is 11.0. The van der Waals surface area contributed by atoms with Crippen LogP contribution >= 0.6 is 15.9 Å². The minimum absolute atomic E-state index is 0.0805. The van der Waals surface area contributed by atoms with E-state index in [4.69, 9.17) is 9.47 Å². The Labute approximate surface area is 199 Å². The number of benzene rings is 2. The van der Waals surface area contributed by atoms with Crippen LogP contribution in [0.3, 0.4) is 0 Å². The lowest BCUT2D eigenvalue weighted by atomic mass is 10.1. The monoisotopic (exact) mass is 516 g/mol. The molecule has 2 aromatic carbocycles. The molecule has 0 bridgehead atoms. The molecule has 1 atom stereocenters. The molecule has 0 radical (unpaired) electrons. The molecule has 0 amide bonds. The normalized spacial score (nSPS) is 11.7. The summed E-state index contributed by atoms with van der Waals surface area (Å²) in [6.07, 6.45) is 0. The highest BCUT2D eigenvalue weighted by atomic mass is 79.9. The molecule has 0 aliphatic carbocycles. The third kappa shape index (κ3) is 5.70. The number of aryl methyl sites for hydroxylation is 1. The van der Waals surface area contributed by atoms with Gasteiger partial charge >= 0.3 is 17.3 Å². The van der Waals surface area contributed by atoms with Crippen molar-refractivity contribution in [2.24, 2.45) is 5.92 Å². The number of anilines is 2. The summed E-state index contributed by atoms with van der Waals surface area (Å²) < 4.78 is 13.1. The molecule has 3 aromatic rings. The third-order valence-corrected chi connectivity index (χ3v) is 5.73. The van der Waals surface area contributed by atoms with Crippen LogP contribution in [0, 0.1) is 12.8 Å². The van der Waals surface area contributed by atoms with E-state index < -0.39 is 23.3 Å². The zero-order chi connectivity index (χ0) is 24.1. The Morgan fingerprint density at radius 2 is 1.82 bits per heavy atom. The lowest BCUT2D eigenvalue weighted by Crippen LogP contribution is -2.44. The summed E-state index contributed by atoms with van der Waals surface area (Å²) in [6, 6.07) is 13.0. The van der Waals surface area contributed by atoms with E-state index in [0.717, 1.165) is 20.2 Å². The fourth-order valence-electron chi connectivity index (χ4n) is 3.22. The van der Waals surface area contributed by atoms with E-state index in [1.54, 1.807) is 32.2 Å². The molecular weight excluding hydrogens is 492 g/mol. The zero-order valence-corrected chi connectivity index (χ0v) is 20.4. The molecule has 3 rings (SSSR count). The summed E-state index contributed by atoms with van der Waals surface area (Å²) in [7, 11) is 2.80.